The zero-order valence-corrected chi connectivity index (χ0v) is 16.7. The summed E-state index contributed by atoms with van der Waals surface area (Å²) in [6.07, 6.45) is 0. The molecule has 0 radical (unpaired) electrons. The van der Waals surface area contributed by atoms with Crippen molar-refractivity contribution in [2.24, 2.45) is 0 Å². The van der Waals surface area contributed by atoms with E-state index < -0.39 is 41.6 Å². The predicted octanol–water partition coefficient (Wildman–Crippen LogP) is -9.46. The minimum absolute atomic E-state index is 0. The molecular formula is H2Na2O14S4. The molecule has 14 nitrogen and oxygen atoms in total. The van der Waals surface area contributed by atoms with E-state index in [9.17, 15) is 42.8 Å². The molecule has 0 rings (SSSR count). The average molecular weight is 400 g/mol. The summed E-state index contributed by atoms with van der Waals surface area (Å²) in [6.45, 7) is 0. The number of hydrogen-bond acceptors (Lipinski definition) is 12. The van der Waals surface area contributed by atoms with E-state index in [2.05, 4.69) is 7.26 Å². The summed E-state index contributed by atoms with van der Waals surface area (Å²) in [5.41, 5.74) is 0. The van der Waals surface area contributed by atoms with Crippen LogP contribution in [-0.4, -0.2) is 51.9 Å². The van der Waals surface area contributed by atoms with Gasteiger partial charge >= 0.3 is 79.9 Å². The Labute approximate surface area is 158 Å². The molecule has 0 aliphatic heterocycles. The van der Waals surface area contributed by atoms with Crippen LogP contribution >= 0.6 is 0 Å². The van der Waals surface area contributed by atoms with E-state index in [1.165, 1.54) is 0 Å². The molecule has 0 saturated heterocycles. The Morgan fingerprint density at radius 2 is 0.800 bits per heavy atom. The van der Waals surface area contributed by atoms with Crippen LogP contribution in [0.15, 0.2) is 0 Å². The average Bonchev–Trinajstić information content (AvgIpc) is 1.64. The van der Waals surface area contributed by atoms with Gasteiger partial charge in [0.2, 0.25) is 20.8 Å². The number of hydrogen-bond donors (Lipinski definition) is 2. The molecule has 0 bridgehead atoms. The van der Waals surface area contributed by atoms with Gasteiger partial charge in [0.05, 0.1) is 0 Å². The third-order valence-electron chi connectivity index (χ3n) is 0.339. The predicted molar refractivity (Wildman–Crippen MR) is 44.7 cm³/mol. The first-order valence-electron chi connectivity index (χ1n) is 2.70. The fraction of sp³-hybridized carbons (Fsp3) is 0. The van der Waals surface area contributed by atoms with Crippen molar-refractivity contribution < 1.29 is 118 Å². The quantitative estimate of drug-likeness (QED) is 0.253. The van der Waals surface area contributed by atoms with E-state index in [1.807, 2.05) is 0 Å². The van der Waals surface area contributed by atoms with Crippen molar-refractivity contribution in [3.8, 4) is 0 Å². The van der Waals surface area contributed by atoms with Gasteiger partial charge in [-0.25, -0.2) is 16.8 Å². The van der Waals surface area contributed by atoms with Crippen LogP contribution in [0.3, 0.4) is 0 Å². The van der Waals surface area contributed by atoms with Gasteiger partial charge in [-0.05, 0) is 0 Å². The molecule has 0 aromatic heterocycles. The zero-order chi connectivity index (χ0) is 15.4. The van der Waals surface area contributed by atoms with Crippen molar-refractivity contribution in [3.63, 3.8) is 0 Å². The molecule has 0 spiro atoms. The second-order valence-corrected chi connectivity index (χ2v) is 6.24. The van der Waals surface area contributed by atoms with E-state index >= 15 is 0 Å². The molecule has 0 unspecified atom stereocenters. The van der Waals surface area contributed by atoms with Crippen molar-refractivity contribution in [3.05, 3.63) is 0 Å². The van der Waals surface area contributed by atoms with Crippen molar-refractivity contribution in [1.29, 1.82) is 0 Å². The minimum Gasteiger partial charge on any atom is -0.725 e. The first-order chi connectivity index (χ1) is 7.41. The molecule has 0 amide bonds. The summed E-state index contributed by atoms with van der Waals surface area (Å²) >= 11 is 0. The van der Waals surface area contributed by atoms with Crippen molar-refractivity contribution in [2.75, 3.05) is 0 Å². The molecule has 0 fully saturated rings. The largest absolute Gasteiger partial charge is 1.00 e. The van der Waals surface area contributed by atoms with Gasteiger partial charge in [-0.2, -0.15) is 20.5 Å². The first kappa shape index (κ1) is 29.6. The minimum atomic E-state index is -5.43. The van der Waals surface area contributed by atoms with Crippen LogP contribution < -0.4 is 59.1 Å². The SMILES string of the molecule is O=S(=O)(O)OS(=O)(=O)O.O=S(=O)([O-])OS(=O)(=O)[O-].[Na+].[Na+]. The summed E-state index contributed by atoms with van der Waals surface area (Å²) in [5.74, 6) is 0. The van der Waals surface area contributed by atoms with Crippen LogP contribution in [0.4, 0.5) is 0 Å². The van der Waals surface area contributed by atoms with Gasteiger partial charge in [-0.3, -0.25) is 9.11 Å². The van der Waals surface area contributed by atoms with E-state index in [1.54, 1.807) is 0 Å². The molecule has 2 N–H and O–H groups in total. The second kappa shape index (κ2) is 10.4. The van der Waals surface area contributed by atoms with Crippen LogP contribution in [0, 0.1) is 0 Å². The Bertz CT molecular complexity index is 535. The van der Waals surface area contributed by atoms with Crippen LogP contribution in [0.1, 0.15) is 0 Å². The van der Waals surface area contributed by atoms with Gasteiger partial charge in [0.15, 0.2) is 0 Å². The summed E-state index contributed by atoms with van der Waals surface area (Å²) < 4.78 is 114. The summed E-state index contributed by atoms with van der Waals surface area (Å²) in [7, 11) is -21.1. The van der Waals surface area contributed by atoms with Crippen LogP contribution in [0.25, 0.3) is 0 Å². The standard InChI is InChI=1S/2Na.2H2O7S2/c;;2*1-8(2,3)7-9(4,5)6/h;;2*(H,1,2,3)(H,4,5,6)/q2*+1;;/p-2. The third-order valence-corrected chi connectivity index (χ3v) is 3.05. The molecule has 0 atom stereocenters. The first-order valence-corrected chi connectivity index (χ1v) is 8.10. The van der Waals surface area contributed by atoms with E-state index in [-0.39, 0.29) is 59.1 Å². The summed E-state index contributed by atoms with van der Waals surface area (Å²) in [6, 6.07) is 0. The Hall–Kier alpha value is 1.56. The maximum absolute atomic E-state index is 9.44. The van der Waals surface area contributed by atoms with Crippen molar-refractivity contribution in [2.45, 2.75) is 0 Å². The molecule has 0 heterocycles. The third kappa shape index (κ3) is 36.6. The Kier molecular flexibility index (Phi) is 15.3. The molecule has 0 aliphatic carbocycles. The fourth-order valence-corrected chi connectivity index (χ4v) is 1.90. The molecule has 20 heavy (non-hydrogen) atoms. The van der Waals surface area contributed by atoms with Crippen molar-refractivity contribution in [1.82, 2.24) is 0 Å². The topological polar surface area (TPSA) is 242 Å². The molecule has 0 aromatic carbocycles. The van der Waals surface area contributed by atoms with Crippen molar-refractivity contribution >= 4 is 41.6 Å². The maximum Gasteiger partial charge on any atom is 1.00 e. The van der Waals surface area contributed by atoms with Gasteiger partial charge in [0.25, 0.3) is 0 Å². The van der Waals surface area contributed by atoms with E-state index in [4.69, 9.17) is 9.11 Å². The number of rotatable bonds is 4. The smallest absolute Gasteiger partial charge is 0.725 e. The van der Waals surface area contributed by atoms with Gasteiger partial charge < -0.3 is 9.11 Å². The normalized spacial score (nSPS) is 12.2. The zero-order valence-electron chi connectivity index (χ0n) is 9.43. The summed E-state index contributed by atoms with van der Waals surface area (Å²) in [4.78, 5) is 0. The van der Waals surface area contributed by atoms with Gasteiger partial charge in [-0.15, -0.1) is 3.63 Å². The molecule has 112 valence electrons. The second-order valence-electron chi connectivity index (χ2n) is 1.81. The van der Waals surface area contributed by atoms with Crippen LogP contribution in [0.5, 0.6) is 0 Å². The molecule has 20 heteroatoms. The van der Waals surface area contributed by atoms with Crippen LogP contribution in [0.2, 0.25) is 0 Å². The molecule has 0 saturated carbocycles. The van der Waals surface area contributed by atoms with Gasteiger partial charge in [0.1, 0.15) is 0 Å². The Morgan fingerprint density at radius 1 is 0.600 bits per heavy atom. The molecule has 0 aliphatic rings. The van der Waals surface area contributed by atoms with E-state index in [0.29, 0.717) is 0 Å². The van der Waals surface area contributed by atoms with Gasteiger partial charge in [-0.1, -0.05) is 0 Å². The monoisotopic (exact) mass is 400 g/mol. The fourth-order valence-electron chi connectivity index (χ4n) is 0.211. The van der Waals surface area contributed by atoms with Crippen LogP contribution in [-0.2, 0) is 48.9 Å². The summed E-state index contributed by atoms with van der Waals surface area (Å²) in [5, 5.41) is 0. The molecular weight excluding hydrogens is 398 g/mol. The van der Waals surface area contributed by atoms with E-state index in [0.717, 1.165) is 0 Å². The molecule has 0 aromatic rings. The maximum atomic E-state index is 9.44. The Morgan fingerprint density at radius 3 is 0.800 bits per heavy atom. The van der Waals surface area contributed by atoms with Gasteiger partial charge in [0, 0.05) is 0 Å². The Balaban J connectivity index is -0.000000116.